The predicted octanol–water partition coefficient (Wildman–Crippen LogP) is 2.90. The van der Waals surface area contributed by atoms with Crippen molar-refractivity contribution < 1.29 is 0 Å². The van der Waals surface area contributed by atoms with E-state index in [1.807, 2.05) is 24.5 Å². The van der Waals surface area contributed by atoms with Gasteiger partial charge in [-0.2, -0.15) is 12.6 Å². The first-order valence-corrected chi connectivity index (χ1v) is 5.24. The van der Waals surface area contributed by atoms with Gasteiger partial charge in [-0.05, 0) is 29.9 Å². The number of nitrogens with one attached hydrogen (secondary N) is 1. The summed E-state index contributed by atoms with van der Waals surface area (Å²) >= 11 is 4.16. The lowest BCUT2D eigenvalue weighted by Gasteiger charge is -1.95. The number of aromatic nitrogens is 2. The normalized spacial score (nSPS) is 11.5. The lowest BCUT2D eigenvalue weighted by Crippen LogP contribution is -1.79. The van der Waals surface area contributed by atoms with Crippen LogP contribution in [0.4, 0.5) is 0 Å². The minimum Gasteiger partial charge on any atom is -0.346 e. The van der Waals surface area contributed by atoms with Gasteiger partial charge in [0.1, 0.15) is 5.65 Å². The van der Waals surface area contributed by atoms with Gasteiger partial charge in [0, 0.05) is 17.8 Å². The molecular weight excluding hydrogens is 192 g/mol. The highest BCUT2D eigenvalue weighted by molar-refractivity contribution is 7.80. The highest BCUT2D eigenvalue weighted by Gasteiger charge is 1.97. The van der Waals surface area contributed by atoms with Gasteiger partial charge in [-0.1, -0.05) is 12.2 Å². The number of fused-ring (bicyclic) bond motifs is 1. The third kappa shape index (κ3) is 1.82. The van der Waals surface area contributed by atoms with Crippen LogP contribution >= 0.6 is 12.6 Å². The van der Waals surface area contributed by atoms with E-state index in [9.17, 15) is 0 Å². The summed E-state index contributed by atoms with van der Waals surface area (Å²) in [6.07, 6.45) is 8.98. The van der Waals surface area contributed by atoms with E-state index in [1.54, 1.807) is 0 Å². The van der Waals surface area contributed by atoms with Gasteiger partial charge in [0.2, 0.25) is 0 Å². The van der Waals surface area contributed by atoms with Crippen LogP contribution in [0.1, 0.15) is 12.0 Å². The van der Waals surface area contributed by atoms with Gasteiger partial charge in [0.15, 0.2) is 0 Å². The van der Waals surface area contributed by atoms with E-state index in [4.69, 9.17) is 0 Å². The molecule has 0 spiro atoms. The summed E-state index contributed by atoms with van der Waals surface area (Å²) in [5.74, 6) is 0.887. The third-order valence-corrected chi connectivity index (χ3v) is 2.35. The molecule has 0 radical (unpaired) electrons. The lowest BCUT2D eigenvalue weighted by atomic mass is 10.1. The average molecular weight is 204 g/mol. The molecule has 14 heavy (non-hydrogen) atoms. The number of hydrogen-bond acceptors (Lipinski definition) is 2. The van der Waals surface area contributed by atoms with Crippen LogP contribution in [-0.2, 0) is 0 Å². The van der Waals surface area contributed by atoms with Crippen LogP contribution in [0, 0.1) is 0 Å². The fourth-order valence-electron chi connectivity index (χ4n) is 1.41. The van der Waals surface area contributed by atoms with Crippen LogP contribution < -0.4 is 0 Å². The third-order valence-electron chi connectivity index (χ3n) is 2.09. The maximum Gasteiger partial charge on any atom is 0.137 e. The van der Waals surface area contributed by atoms with Gasteiger partial charge in [-0.3, -0.25) is 0 Å². The van der Waals surface area contributed by atoms with E-state index in [2.05, 4.69) is 34.7 Å². The molecule has 0 fully saturated rings. The minimum absolute atomic E-state index is 0.887. The van der Waals surface area contributed by atoms with Gasteiger partial charge in [-0.15, -0.1) is 0 Å². The molecule has 0 aliphatic carbocycles. The number of rotatable bonds is 3. The van der Waals surface area contributed by atoms with Crippen LogP contribution in [0.2, 0.25) is 0 Å². The summed E-state index contributed by atoms with van der Waals surface area (Å²) in [4.78, 5) is 7.32. The van der Waals surface area contributed by atoms with Crippen LogP contribution in [0.15, 0.2) is 30.6 Å². The van der Waals surface area contributed by atoms with Crippen molar-refractivity contribution in [3.05, 3.63) is 36.2 Å². The first kappa shape index (κ1) is 9.34. The first-order chi connectivity index (χ1) is 6.92. The highest BCUT2D eigenvalue weighted by atomic mass is 32.1. The molecule has 0 saturated heterocycles. The minimum atomic E-state index is 0.887. The van der Waals surface area contributed by atoms with E-state index in [-0.39, 0.29) is 0 Å². The summed E-state index contributed by atoms with van der Waals surface area (Å²) in [6.45, 7) is 0. The molecule has 3 heteroatoms. The molecule has 0 saturated carbocycles. The Morgan fingerprint density at radius 1 is 1.43 bits per heavy atom. The van der Waals surface area contributed by atoms with E-state index in [0.29, 0.717) is 0 Å². The van der Waals surface area contributed by atoms with Crippen molar-refractivity contribution in [3.63, 3.8) is 0 Å². The summed E-state index contributed by atoms with van der Waals surface area (Å²) in [5.41, 5.74) is 2.15. The van der Waals surface area contributed by atoms with E-state index < -0.39 is 0 Å². The number of nitrogens with zero attached hydrogens (tertiary/aromatic N) is 1. The molecular formula is C11H12N2S. The quantitative estimate of drug-likeness (QED) is 0.739. The fourth-order valence-corrected chi connectivity index (χ4v) is 1.56. The number of thiol groups is 1. The first-order valence-electron chi connectivity index (χ1n) is 4.61. The molecule has 2 heterocycles. The SMILES string of the molecule is SCCC=Cc1ccnc2[nH]ccc12. The van der Waals surface area contributed by atoms with Crippen molar-refractivity contribution in [2.45, 2.75) is 6.42 Å². The number of pyridine rings is 1. The molecule has 2 nitrogen and oxygen atoms in total. The van der Waals surface area contributed by atoms with Gasteiger partial charge < -0.3 is 4.98 Å². The van der Waals surface area contributed by atoms with Gasteiger partial charge in [0.05, 0.1) is 0 Å². The van der Waals surface area contributed by atoms with Crippen molar-refractivity contribution in [1.82, 2.24) is 9.97 Å². The largest absolute Gasteiger partial charge is 0.346 e. The summed E-state index contributed by atoms with van der Waals surface area (Å²) < 4.78 is 0. The number of hydrogen-bond donors (Lipinski definition) is 2. The zero-order valence-corrected chi connectivity index (χ0v) is 8.67. The van der Waals surface area contributed by atoms with Gasteiger partial charge in [0.25, 0.3) is 0 Å². The summed E-state index contributed by atoms with van der Waals surface area (Å²) in [6, 6.07) is 4.06. The molecule has 0 amide bonds. The second-order valence-corrected chi connectivity index (χ2v) is 3.50. The Morgan fingerprint density at radius 2 is 2.36 bits per heavy atom. The monoisotopic (exact) mass is 204 g/mol. The summed E-state index contributed by atoms with van der Waals surface area (Å²) in [7, 11) is 0. The Labute approximate surface area is 88.5 Å². The zero-order chi connectivity index (χ0) is 9.80. The molecule has 0 aromatic carbocycles. The van der Waals surface area contributed by atoms with Crippen molar-refractivity contribution in [3.8, 4) is 0 Å². The van der Waals surface area contributed by atoms with E-state index in [0.717, 1.165) is 17.8 Å². The number of allylic oxidation sites excluding steroid dienone is 1. The molecule has 0 aliphatic rings. The lowest BCUT2D eigenvalue weighted by molar-refractivity contribution is 1.26. The molecule has 0 atom stereocenters. The predicted molar refractivity (Wildman–Crippen MR) is 63.6 cm³/mol. The Kier molecular flexibility index (Phi) is 2.89. The number of aromatic amines is 1. The van der Waals surface area contributed by atoms with Crippen LogP contribution in [0.3, 0.4) is 0 Å². The average Bonchev–Trinajstić information content (AvgIpc) is 2.67. The van der Waals surface area contributed by atoms with E-state index >= 15 is 0 Å². The standard InChI is InChI=1S/C11H12N2S/c14-8-2-1-3-9-4-6-12-11-10(9)5-7-13-11/h1,3-7,14H,2,8H2,(H,12,13). The maximum absolute atomic E-state index is 4.23. The fraction of sp³-hybridized carbons (Fsp3) is 0.182. The zero-order valence-electron chi connectivity index (χ0n) is 7.77. The second-order valence-electron chi connectivity index (χ2n) is 3.05. The van der Waals surface area contributed by atoms with Gasteiger partial charge in [-0.25, -0.2) is 4.98 Å². The Balaban J connectivity index is 2.36. The molecule has 2 rings (SSSR count). The smallest absolute Gasteiger partial charge is 0.137 e. The maximum atomic E-state index is 4.23. The van der Waals surface area contributed by atoms with E-state index in [1.165, 1.54) is 10.9 Å². The molecule has 1 N–H and O–H groups in total. The topological polar surface area (TPSA) is 28.7 Å². The Morgan fingerprint density at radius 3 is 3.21 bits per heavy atom. The summed E-state index contributed by atoms with van der Waals surface area (Å²) in [5, 5.41) is 1.17. The number of H-pyrrole nitrogens is 1. The highest BCUT2D eigenvalue weighted by Crippen LogP contribution is 2.16. The molecule has 0 aliphatic heterocycles. The molecule has 72 valence electrons. The van der Waals surface area contributed by atoms with Crippen molar-refractivity contribution in [2.24, 2.45) is 0 Å². The molecule has 2 aromatic rings. The van der Waals surface area contributed by atoms with Crippen LogP contribution in [-0.4, -0.2) is 15.7 Å². The van der Waals surface area contributed by atoms with Crippen LogP contribution in [0.5, 0.6) is 0 Å². The van der Waals surface area contributed by atoms with Crippen LogP contribution in [0.25, 0.3) is 17.1 Å². The van der Waals surface area contributed by atoms with Gasteiger partial charge >= 0.3 is 0 Å². The van der Waals surface area contributed by atoms with Crippen molar-refractivity contribution in [1.29, 1.82) is 0 Å². The van der Waals surface area contributed by atoms with Crippen molar-refractivity contribution >= 4 is 29.7 Å². The molecule has 0 bridgehead atoms. The Bertz CT molecular complexity index is 445. The molecule has 0 unspecified atom stereocenters. The second kappa shape index (κ2) is 4.33. The molecule has 2 aromatic heterocycles. The Hall–Kier alpha value is -1.22. The van der Waals surface area contributed by atoms with Crippen molar-refractivity contribution in [2.75, 3.05) is 5.75 Å².